The normalized spacial score (nSPS) is 12.9. The van der Waals surface area contributed by atoms with Crippen LogP contribution in [0.2, 0.25) is 0 Å². The number of aliphatic hydroxyl groups excluding tert-OH is 1. The lowest BCUT2D eigenvalue weighted by Crippen LogP contribution is -2.00. The van der Waals surface area contributed by atoms with E-state index in [1.54, 1.807) is 16.0 Å². The molecule has 0 radical (unpaired) electrons. The van der Waals surface area contributed by atoms with Gasteiger partial charge in [-0.1, -0.05) is 6.07 Å². The number of aromatic nitrogens is 2. The highest BCUT2D eigenvalue weighted by Gasteiger charge is 2.09. The second kappa shape index (κ2) is 5.27. The predicted octanol–water partition coefficient (Wildman–Crippen LogP) is 2.54. The fourth-order valence-electron chi connectivity index (χ4n) is 1.68. The predicted molar refractivity (Wildman–Crippen MR) is 65.4 cm³/mol. The van der Waals surface area contributed by atoms with E-state index in [4.69, 9.17) is 0 Å². The summed E-state index contributed by atoms with van der Waals surface area (Å²) in [4.78, 5) is 1.38. The Hall–Kier alpha value is -1.13. The molecule has 86 valence electrons. The first-order chi connectivity index (χ1) is 7.75. The highest BCUT2D eigenvalue weighted by atomic mass is 32.1. The van der Waals surface area contributed by atoms with Gasteiger partial charge in [-0.25, -0.2) is 0 Å². The molecule has 0 fully saturated rings. The van der Waals surface area contributed by atoms with Crippen molar-refractivity contribution in [3.8, 4) is 0 Å². The zero-order valence-corrected chi connectivity index (χ0v) is 10.2. The molecule has 0 aliphatic rings. The van der Waals surface area contributed by atoms with Gasteiger partial charge in [-0.15, -0.1) is 11.3 Å². The third-order valence-electron chi connectivity index (χ3n) is 2.56. The lowest BCUT2D eigenvalue weighted by Gasteiger charge is -2.06. The Bertz CT molecular complexity index is 422. The Morgan fingerprint density at radius 2 is 2.38 bits per heavy atom. The molecule has 0 aromatic carbocycles. The molecule has 2 aromatic heterocycles. The molecule has 0 aliphatic carbocycles. The Morgan fingerprint density at radius 3 is 3.00 bits per heavy atom. The molecule has 2 rings (SSSR count). The van der Waals surface area contributed by atoms with E-state index in [9.17, 15) is 5.11 Å². The van der Waals surface area contributed by atoms with Crippen molar-refractivity contribution in [2.45, 2.75) is 25.4 Å². The van der Waals surface area contributed by atoms with Gasteiger partial charge in [0, 0.05) is 18.1 Å². The van der Waals surface area contributed by atoms with Crippen LogP contribution < -0.4 is 0 Å². The second-order valence-electron chi connectivity index (χ2n) is 3.90. The quantitative estimate of drug-likeness (QED) is 0.866. The molecule has 0 aliphatic heterocycles. The number of rotatable bonds is 5. The van der Waals surface area contributed by atoms with Crippen molar-refractivity contribution >= 4 is 11.3 Å². The molecule has 2 aromatic rings. The lowest BCUT2D eigenvalue weighted by molar-refractivity contribution is 0.159. The summed E-state index contributed by atoms with van der Waals surface area (Å²) in [6.07, 6.45) is 4.24. The fraction of sp³-hybridized carbons (Fsp3) is 0.417. The maximum Gasteiger partial charge on any atom is 0.0978 e. The van der Waals surface area contributed by atoms with Gasteiger partial charge in [0.15, 0.2) is 0 Å². The van der Waals surface area contributed by atoms with Crippen LogP contribution in [0.15, 0.2) is 29.8 Å². The van der Waals surface area contributed by atoms with Gasteiger partial charge in [0.05, 0.1) is 11.8 Å². The maximum absolute atomic E-state index is 9.89. The number of hydrogen-bond acceptors (Lipinski definition) is 3. The molecule has 1 unspecified atom stereocenters. The van der Waals surface area contributed by atoms with Gasteiger partial charge >= 0.3 is 0 Å². The van der Waals surface area contributed by atoms with Crippen molar-refractivity contribution in [3.63, 3.8) is 0 Å². The van der Waals surface area contributed by atoms with Crippen molar-refractivity contribution in [2.24, 2.45) is 7.05 Å². The van der Waals surface area contributed by atoms with E-state index in [2.05, 4.69) is 22.6 Å². The van der Waals surface area contributed by atoms with Crippen LogP contribution in [0.3, 0.4) is 0 Å². The summed E-state index contributed by atoms with van der Waals surface area (Å²) in [6.45, 7) is 0. The molecule has 1 atom stereocenters. The standard InChI is InChI=1S/C12H16N2OS/c1-14-8-7-11(13-14)12(15)6-2-4-10-5-3-9-16-10/h3,5,7-9,12,15H,2,4,6H2,1H3. The first-order valence-corrected chi connectivity index (χ1v) is 6.33. The summed E-state index contributed by atoms with van der Waals surface area (Å²) in [5, 5.41) is 16.2. The van der Waals surface area contributed by atoms with Crippen molar-refractivity contribution < 1.29 is 5.11 Å². The monoisotopic (exact) mass is 236 g/mol. The molecule has 0 amide bonds. The molecule has 2 heterocycles. The molecular formula is C12H16N2OS. The fourth-order valence-corrected chi connectivity index (χ4v) is 2.43. The van der Waals surface area contributed by atoms with E-state index in [1.807, 2.05) is 19.3 Å². The second-order valence-corrected chi connectivity index (χ2v) is 4.93. The van der Waals surface area contributed by atoms with Gasteiger partial charge < -0.3 is 5.11 Å². The first-order valence-electron chi connectivity index (χ1n) is 5.45. The van der Waals surface area contributed by atoms with Gasteiger partial charge in [-0.05, 0) is 36.8 Å². The highest BCUT2D eigenvalue weighted by molar-refractivity contribution is 7.09. The van der Waals surface area contributed by atoms with E-state index in [-0.39, 0.29) is 0 Å². The summed E-state index contributed by atoms with van der Waals surface area (Å²) in [5.41, 5.74) is 0.772. The molecule has 0 saturated carbocycles. The lowest BCUT2D eigenvalue weighted by atomic mass is 10.1. The number of aliphatic hydroxyl groups is 1. The Labute approximate surface area is 99.4 Å². The molecule has 0 bridgehead atoms. The van der Waals surface area contributed by atoms with Crippen LogP contribution in [0.5, 0.6) is 0 Å². The van der Waals surface area contributed by atoms with Crippen molar-refractivity contribution in [3.05, 3.63) is 40.3 Å². The molecule has 0 saturated heterocycles. The Kier molecular flexibility index (Phi) is 3.74. The van der Waals surface area contributed by atoms with Gasteiger partial charge in [-0.3, -0.25) is 4.68 Å². The van der Waals surface area contributed by atoms with Gasteiger partial charge in [-0.2, -0.15) is 5.10 Å². The van der Waals surface area contributed by atoms with E-state index in [1.165, 1.54) is 4.88 Å². The molecule has 3 nitrogen and oxygen atoms in total. The van der Waals surface area contributed by atoms with Crippen molar-refractivity contribution in [1.29, 1.82) is 0 Å². The maximum atomic E-state index is 9.89. The van der Waals surface area contributed by atoms with Gasteiger partial charge in [0.25, 0.3) is 0 Å². The van der Waals surface area contributed by atoms with Crippen LogP contribution in [0.4, 0.5) is 0 Å². The van der Waals surface area contributed by atoms with E-state index in [0.717, 1.165) is 25.0 Å². The van der Waals surface area contributed by atoms with E-state index in [0.29, 0.717) is 0 Å². The molecule has 16 heavy (non-hydrogen) atoms. The number of thiophene rings is 1. The van der Waals surface area contributed by atoms with E-state index >= 15 is 0 Å². The molecule has 4 heteroatoms. The number of nitrogens with zero attached hydrogens (tertiary/aromatic N) is 2. The Balaban J connectivity index is 1.78. The summed E-state index contributed by atoms with van der Waals surface area (Å²) in [7, 11) is 1.86. The smallest absolute Gasteiger partial charge is 0.0978 e. The summed E-state index contributed by atoms with van der Waals surface area (Å²) in [6, 6.07) is 6.07. The first kappa shape index (κ1) is 11.4. The highest BCUT2D eigenvalue weighted by Crippen LogP contribution is 2.19. The van der Waals surface area contributed by atoms with Crippen LogP contribution in [0, 0.1) is 0 Å². The van der Waals surface area contributed by atoms with Gasteiger partial charge in [0.2, 0.25) is 0 Å². The van der Waals surface area contributed by atoms with Crippen LogP contribution in [-0.4, -0.2) is 14.9 Å². The molecule has 0 spiro atoms. The zero-order chi connectivity index (χ0) is 11.4. The van der Waals surface area contributed by atoms with E-state index < -0.39 is 6.10 Å². The van der Waals surface area contributed by atoms with Crippen molar-refractivity contribution in [2.75, 3.05) is 0 Å². The SMILES string of the molecule is Cn1ccc(C(O)CCCc2cccs2)n1. The third kappa shape index (κ3) is 2.93. The topological polar surface area (TPSA) is 38.0 Å². The molecular weight excluding hydrogens is 220 g/mol. The van der Waals surface area contributed by atoms with Crippen LogP contribution >= 0.6 is 11.3 Å². The minimum atomic E-state index is -0.429. The Morgan fingerprint density at radius 1 is 1.50 bits per heavy atom. The van der Waals surface area contributed by atoms with Crippen LogP contribution in [0.25, 0.3) is 0 Å². The number of hydrogen-bond donors (Lipinski definition) is 1. The minimum absolute atomic E-state index is 0.429. The summed E-state index contributed by atoms with van der Waals surface area (Å²) in [5.74, 6) is 0. The average Bonchev–Trinajstić information content (AvgIpc) is 2.89. The van der Waals surface area contributed by atoms with Crippen LogP contribution in [0.1, 0.15) is 29.5 Å². The van der Waals surface area contributed by atoms with Crippen LogP contribution in [-0.2, 0) is 13.5 Å². The average molecular weight is 236 g/mol. The number of aryl methyl sites for hydroxylation is 2. The summed E-state index contributed by atoms with van der Waals surface area (Å²) < 4.78 is 1.72. The third-order valence-corrected chi connectivity index (χ3v) is 3.49. The molecule has 1 N–H and O–H groups in total. The zero-order valence-electron chi connectivity index (χ0n) is 9.34. The van der Waals surface area contributed by atoms with Gasteiger partial charge in [0.1, 0.15) is 0 Å². The van der Waals surface area contributed by atoms with Crippen molar-refractivity contribution in [1.82, 2.24) is 9.78 Å². The minimum Gasteiger partial charge on any atom is -0.387 e. The summed E-state index contributed by atoms with van der Waals surface area (Å²) >= 11 is 1.77. The largest absolute Gasteiger partial charge is 0.387 e.